The zero-order valence-corrected chi connectivity index (χ0v) is 13.4. The van der Waals surface area contributed by atoms with Crippen LogP contribution in [0.1, 0.15) is 30.1 Å². The number of anilines is 1. The fraction of sp³-hybridized carbons (Fsp3) is 0.429. The molecular weight excluding hydrogens is 371 g/mol. The highest BCUT2D eigenvalue weighted by Crippen LogP contribution is 2.28. The minimum atomic E-state index is -1.04. The zero-order chi connectivity index (χ0) is 14.8. The quantitative estimate of drug-likeness (QED) is 0.695. The molecule has 1 heterocycles. The molecule has 1 aromatic carbocycles. The van der Waals surface area contributed by atoms with E-state index >= 15 is 0 Å². The summed E-state index contributed by atoms with van der Waals surface area (Å²) in [4.78, 5) is 23.6. The number of benzene rings is 1. The SMILES string of the molecule is CC1(C(=O)Nc2ccc(I)cc2C(=O)O)CCCNC1. The third kappa shape index (κ3) is 3.29. The van der Waals surface area contributed by atoms with Crippen molar-refractivity contribution in [1.29, 1.82) is 0 Å². The Hall–Kier alpha value is -1.15. The highest BCUT2D eigenvalue weighted by atomic mass is 127. The summed E-state index contributed by atoms with van der Waals surface area (Å²) < 4.78 is 0.823. The third-order valence-corrected chi connectivity index (χ3v) is 4.28. The number of hydrogen-bond donors (Lipinski definition) is 3. The maximum absolute atomic E-state index is 12.4. The van der Waals surface area contributed by atoms with Crippen LogP contribution in [0.25, 0.3) is 0 Å². The van der Waals surface area contributed by atoms with Crippen molar-refractivity contribution < 1.29 is 14.7 Å². The number of aromatic carboxylic acids is 1. The maximum Gasteiger partial charge on any atom is 0.337 e. The summed E-state index contributed by atoms with van der Waals surface area (Å²) in [6.45, 7) is 3.44. The molecule has 3 N–H and O–H groups in total. The fourth-order valence-electron chi connectivity index (χ4n) is 2.33. The number of nitrogens with one attached hydrogen (secondary N) is 2. The van der Waals surface area contributed by atoms with Crippen molar-refractivity contribution in [1.82, 2.24) is 5.32 Å². The van der Waals surface area contributed by atoms with Crippen LogP contribution in [-0.2, 0) is 4.79 Å². The van der Waals surface area contributed by atoms with Gasteiger partial charge in [-0.1, -0.05) is 0 Å². The molecule has 0 spiro atoms. The van der Waals surface area contributed by atoms with Crippen molar-refractivity contribution in [2.75, 3.05) is 18.4 Å². The van der Waals surface area contributed by atoms with E-state index in [9.17, 15) is 14.7 Å². The van der Waals surface area contributed by atoms with Gasteiger partial charge in [-0.05, 0) is 67.1 Å². The standard InChI is InChI=1S/C14H17IN2O3/c1-14(5-2-6-16-8-14)13(20)17-11-4-3-9(15)7-10(11)12(18)19/h3-4,7,16H,2,5-6,8H2,1H3,(H,17,20)(H,18,19). The van der Waals surface area contributed by atoms with Gasteiger partial charge in [-0.2, -0.15) is 0 Å². The van der Waals surface area contributed by atoms with Gasteiger partial charge in [0.15, 0.2) is 0 Å². The Balaban J connectivity index is 2.21. The molecule has 1 aromatic rings. The zero-order valence-electron chi connectivity index (χ0n) is 11.2. The van der Waals surface area contributed by atoms with Crippen LogP contribution in [0.2, 0.25) is 0 Å². The number of halogens is 1. The summed E-state index contributed by atoms with van der Waals surface area (Å²) >= 11 is 2.05. The Morgan fingerprint density at radius 1 is 1.45 bits per heavy atom. The number of carboxylic acid groups (broad SMARTS) is 1. The molecule has 6 heteroatoms. The molecule has 20 heavy (non-hydrogen) atoms. The molecule has 1 saturated heterocycles. The number of hydrogen-bond acceptors (Lipinski definition) is 3. The van der Waals surface area contributed by atoms with Gasteiger partial charge < -0.3 is 15.7 Å². The van der Waals surface area contributed by atoms with Crippen LogP contribution in [0.4, 0.5) is 5.69 Å². The largest absolute Gasteiger partial charge is 0.478 e. The topological polar surface area (TPSA) is 78.4 Å². The van der Waals surface area contributed by atoms with Crippen molar-refractivity contribution in [3.8, 4) is 0 Å². The number of amides is 1. The third-order valence-electron chi connectivity index (χ3n) is 3.61. The average Bonchev–Trinajstić information content (AvgIpc) is 2.41. The first-order valence-electron chi connectivity index (χ1n) is 6.47. The Morgan fingerprint density at radius 2 is 2.20 bits per heavy atom. The molecule has 0 radical (unpaired) electrons. The van der Waals surface area contributed by atoms with Crippen molar-refractivity contribution in [3.63, 3.8) is 0 Å². The van der Waals surface area contributed by atoms with Gasteiger partial charge in [0.05, 0.1) is 16.7 Å². The van der Waals surface area contributed by atoms with Gasteiger partial charge in [0, 0.05) is 10.1 Å². The van der Waals surface area contributed by atoms with E-state index in [0.717, 1.165) is 23.0 Å². The number of carbonyl (C=O) groups is 2. The van der Waals surface area contributed by atoms with Gasteiger partial charge >= 0.3 is 5.97 Å². The molecular formula is C14H17IN2O3. The van der Waals surface area contributed by atoms with Gasteiger partial charge in [0.25, 0.3) is 0 Å². The van der Waals surface area contributed by atoms with Crippen LogP contribution in [0.3, 0.4) is 0 Å². The van der Waals surface area contributed by atoms with E-state index in [1.807, 2.05) is 29.5 Å². The van der Waals surface area contributed by atoms with E-state index < -0.39 is 11.4 Å². The summed E-state index contributed by atoms with van der Waals surface area (Å²) in [5.41, 5.74) is -0.0101. The first-order chi connectivity index (χ1) is 9.42. The summed E-state index contributed by atoms with van der Waals surface area (Å²) in [7, 11) is 0. The number of carbonyl (C=O) groups excluding carboxylic acids is 1. The predicted molar refractivity (Wildman–Crippen MR) is 85.0 cm³/mol. The number of carboxylic acids is 1. The minimum Gasteiger partial charge on any atom is -0.478 e. The molecule has 1 amide bonds. The van der Waals surface area contributed by atoms with Crippen molar-refractivity contribution in [2.24, 2.45) is 5.41 Å². The van der Waals surface area contributed by atoms with Gasteiger partial charge in [-0.15, -0.1) is 0 Å². The van der Waals surface area contributed by atoms with Gasteiger partial charge in [0.1, 0.15) is 0 Å². The smallest absolute Gasteiger partial charge is 0.337 e. The normalized spacial score (nSPS) is 22.3. The number of rotatable bonds is 3. The first-order valence-corrected chi connectivity index (χ1v) is 7.55. The van der Waals surface area contributed by atoms with Crippen molar-refractivity contribution >= 4 is 40.2 Å². The molecule has 0 aliphatic carbocycles. The second-order valence-corrected chi connectivity index (χ2v) is 6.54. The predicted octanol–water partition coefficient (Wildman–Crippen LogP) is 2.32. The molecule has 1 fully saturated rings. The lowest BCUT2D eigenvalue weighted by Crippen LogP contribution is -2.46. The molecule has 0 bridgehead atoms. The van der Waals surface area contributed by atoms with Gasteiger partial charge in [-0.25, -0.2) is 4.79 Å². The Morgan fingerprint density at radius 3 is 2.80 bits per heavy atom. The molecule has 108 valence electrons. The molecule has 0 aromatic heterocycles. The van der Waals surface area contributed by atoms with E-state index in [1.165, 1.54) is 0 Å². The van der Waals surface area contributed by atoms with Crippen LogP contribution in [-0.4, -0.2) is 30.1 Å². The maximum atomic E-state index is 12.4. The van der Waals surface area contributed by atoms with Crippen molar-refractivity contribution in [2.45, 2.75) is 19.8 Å². The highest BCUT2D eigenvalue weighted by molar-refractivity contribution is 14.1. The second-order valence-electron chi connectivity index (χ2n) is 5.29. The average molecular weight is 388 g/mol. The highest BCUT2D eigenvalue weighted by Gasteiger charge is 2.35. The molecule has 2 rings (SSSR count). The molecule has 0 saturated carbocycles. The van der Waals surface area contributed by atoms with E-state index in [4.69, 9.17) is 0 Å². The molecule has 1 atom stereocenters. The summed E-state index contributed by atoms with van der Waals surface area (Å²) in [5.74, 6) is -1.17. The van der Waals surface area contributed by atoms with Gasteiger partial charge in [0.2, 0.25) is 5.91 Å². The molecule has 1 aliphatic rings. The summed E-state index contributed by atoms with van der Waals surface area (Å²) in [6.07, 6.45) is 1.75. The van der Waals surface area contributed by atoms with Crippen LogP contribution in [0.15, 0.2) is 18.2 Å². The van der Waals surface area contributed by atoms with Crippen LogP contribution >= 0.6 is 22.6 Å². The van der Waals surface area contributed by atoms with E-state index in [0.29, 0.717) is 12.2 Å². The summed E-state index contributed by atoms with van der Waals surface area (Å²) in [6, 6.07) is 4.98. The lowest BCUT2D eigenvalue weighted by atomic mass is 9.82. The van der Waals surface area contributed by atoms with Gasteiger partial charge in [-0.3, -0.25) is 4.79 Å². The monoisotopic (exact) mass is 388 g/mol. The lowest BCUT2D eigenvalue weighted by Gasteiger charge is -2.32. The molecule has 1 aliphatic heterocycles. The van der Waals surface area contributed by atoms with E-state index in [2.05, 4.69) is 10.6 Å². The minimum absolute atomic E-state index is 0.123. The Bertz CT molecular complexity index is 539. The fourth-order valence-corrected chi connectivity index (χ4v) is 2.82. The van der Waals surface area contributed by atoms with Crippen LogP contribution in [0, 0.1) is 8.99 Å². The second kappa shape index (κ2) is 6.09. The van der Waals surface area contributed by atoms with Crippen molar-refractivity contribution in [3.05, 3.63) is 27.3 Å². The van der Waals surface area contributed by atoms with E-state index in [-0.39, 0.29) is 11.5 Å². The molecule has 1 unspecified atom stereocenters. The number of piperidine rings is 1. The Labute approximate surface area is 131 Å². The van der Waals surface area contributed by atoms with Crippen LogP contribution < -0.4 is 10.6 Å². The Kier molecular flexibility index (Phi) is 4.64. The molecule has 5 nitrogen and oxygen atoms in total. The van der Waals surface area contributed by atoms with Crippen LogP contribution in [0.5, 0.6) is 0 Å². The van der Waals surface area contributed by atoms with E-state index in [1.54, 1.807) is 18.2 Å². The lowest BCUT2D eigenvalue weighted by molar-refractivity contribution is -0.125. The first kappa shape index (κ1) is 15.2. The summed E-state index contributed by atoms with van der Waals surface area (Å²) in [5, 5.41) is 15.2.